The number of aromatic nitrogens is 3. The van der Waals surface area contributed by atoms with E-state index in [4.69, 9.17) is 19.4 Å². The summed E-state index contributed by atoms with van der Waals surface area (Å²) in [6, 6.07) is 61.0. The van der Waals surface area contributed by atoms with Crippen LogP contribution in [0.3, 0.4) is 0 Å². The molecule has 4 heteroatoms. The maximum absolute atomic E-state index is 6.25. The number of benzene rings is 8. The zero-order valence-corrected chi connectivity index (χ0v) is 27.5. The number of hydrogen-bond donors (Lipinski definition) is 0. The Hall–Kier alpha value is -6.91. The van der Waals surface area contributed by atoms with Gasteiger partial charge in [-0.05, 0) is 62.7 Å². The summed E-state index contributed by atoms with van der Waals surface area (Å²) >= 11 is 0. The molecule has 8 aromatic carbocycles. The summed E-state index contributed by atoms with van der Waals surface area (Å²) in [5, 5.41) is 6.90. The van der Waals surface area contributed by atoms with Crippen LogP contribution in [0.25, 0.3) is 99.9 Å². The zero-order valence-electron chi connectivity index (χ0n) is 27.5. The first-order valence-corrected chi connectivity index (χ1v) is 17.1. The largest absolute Gasteiger partial charge is 0.456 e. The maximum atomic E-state index is 6.25. The van der Waals surface area contributed by atoms with Gasteiger partial charge >= 0.3 is 0 Å². The molecular weight excluding hydrogens is 623 g/mol. The van der Waals surface area contributed by atoms with E-state index in [2.05, 4.69) is 152 Å². The SMILES string of the molecule is c1ccc(-c2ccc(-c3nc(-c4cccc(-c5ccccc5)c4)nc(-c4ccc5c(ccc6ccc7oc8ccccc8c7c65)c4)n3)cc2)cc1. The van der Waals surface area contributed by atoms with Gasteiger partial charge in [0.25, 0.3) is 0 Å². The van der Waals surface area contributed by atoms with Crippen LogP contribution in [0.1, 0.15) is 0 Å². The fourth-order valence-electron chi connectivity index (χ4n) is 7.18. The Bertz CT molecular complexity index is 2900. The number of para-hydroxylation sites is 1. The van der Waals surface area contributed by atoms with Crippen molar-refractivity contribution < 1.29 is 4.42 Å². The van der Waals surface area contributed by atoms with Gasteiger partial charge in [-0.3, -0.25) is 0 Å². The van der Waals surface area contributed by atoms with Gasteiger partial charge in [0.1, 0.15) is 11.2 Å². The molecule has 0 N–H and O–H groups in total. The van der Waals surface area contributed by atoms with Crippen LogP contribution in [0.5, 0.6) is 0 Å². The van der Waals surface area contributed by atoms with Crippen LogP contribution in [-0.4, -0.2) is 15.0 Å². The Kier molecular flexibility index (Phi) is 6.78. The fraction of sp³-hybridized carbons (Fsp3) is 0. The second kappa shape index (κ2) is 11.9. The minimum Gasteiger partial charge on any atom is -0.456 e. The smallest absolute Gasteiger partial charge is 0.164 e. The highest BCUT2D eigenvalue weighted by Crippen LogP contribution is 2.39. The number of furan rings is 1. The molecule has 0 aliphatic carbocycles. The van der Waals surface area contributed by atoms with Gasteiger partial charge in [0.05, 0.1) is 0 Å². The maximum Gasteiger partial charge on any atom is 0.164 e. The van der Waals surface area contributed by atoms with Gasteiger partial charge in [0.2, 0.25) is 0 Å². The molecule has 0 radical (unpaired) electrons. The van der Waals surface area contributed by atoms with Crippen molar-refractivity contribution in [3.05, 3.63) is 176 Å². The molecule has 0 bridgehead atoms. The Balaban J connectivity index is 1.14. The molecule has 0 unspecified atom stereocenters. The van der Waals surface area contributed by atoms with E-state index in [-0.39, 0.29) is 0 Å². The van der Waals surface area contributed by atoms with Crippen LogP contribution in [-0.2, 0) is 0 Å². The van der Waals surface area contributed by atoms with Gasteiger partial charge in [-0.1, -0.05) is 152 Å². The fourth-order valence-corrected chi connectivity index (χ4v) is 7.18. The molecule has 2 heterocycles. The van der Waals surface area contributed by atoms with Crippen LogP contribution in [0.2, 0.25) is 0 Å². The average Bonchev–Trinajstić information content (AvgIpc) is 3.60. The van der Waals surface area contributed by atoms with E-state index < -0.39 is 0 Å². The minimum absolute atomic E-state index is 0.626. The molecule has 0 atom stereocenters. The predicted octanol–water partition coefficient (Wildman–Crippen LogP) is 12.4. The molecule has 10 aromatic rings. The number of fused-ring (bicyclic) bond motifs is 7. The molecule has 4 nitrogen and oxygen atoms in total. The first-order valence-electron chi connectivity index (χ1n) is 17.1. The van der Waals surface area contributed by atoms with E-state index in [0.717, 1.165) is 66.1 Å². The number of hydrogen-bond acceptors (Lipinski definition) is 4. The molecule has 0 amide bonds. The van der Waals surface area contributed by atoms with Crippen LogP contribution in [0, 0.1) is 0 Å². The summed E-state index contributed by atoms with van der Waals surface area (Å²) in [4.78, 5) is 15.3. The highest BCUT2D eigenvalue weighted by molar-refractivity contribution is 6.26. The van der Waals surface area contributed by atoms with E-state index in [1.54, 1.807) is 0 Å². The molecule has 0 fully saturated rings. The molecule has 0 saturated heterocycles. The summed E-state index contributed by atoms with van der Waals surface area (Å²) in [7, 11) is 0. The van der Waals surface area contributed by atoms with Crippen molar-refractivity contribution in [3.63, 3.8) is 0 Å². The lowest BCUT2D eigenvalue weighted by atomic mass is 9.96. The molecule has 0 spiro atoms. The van der Waals surface area contributed by atoms with Gasteiger partial charge in [-0.25, -0.2) is 15.0 Å². The highest BCUT2D eigenvalue weighted by Gasteiger charge is 2.16. The molecule has 0 saturated carbocycles. The molecule has 51 heavy (non-hydrogen) atoms. The average molecular weight is 652 g/mol. The Morgan fingerprint density at radius 3 is 1.59 bits per heavy atom. The third-order valence-corrected chi connectivity index (χ3v) is 9.71. The quantitative estimate of drug-likeness (QED) is 0.174. The first-order chi connectivity index (χ1) is 25.2. The van der Waals surface area contributed by atoms with Crippen molar-refractivity contribution in [2.75, 3.05) is 0 Å². The van der Waals surface area contributed by atoms with E-state index >= 15 is 0 Å². The van der Waals surface area contributed by atoms with Crippen LogP contribution in [0.4, 0.5) is 0 Å². The lowest BCUT2D eigenvalue weighted by Gasteiger charge is -2.11. The third-order valence-electron chi connectivity index (χ3n) is 9.71. The number of nitrogens with zero attached hydrogens (tertiary/aromatic N) is 3. The van der Waals surface area contributed by atoms with Gasteiger partial charge in [0, 0.05) is 32.8 Å². The van der Waals surface area contributed by atoms with Crippen LogP contribution >= 0.6 is 0 Å². The van der Waals surface area contributed by atoms with Gasteiger partial charge in [0.15, 0.2) is 17.5 Å². The van der Waals surface area contributed by atoms with Gasteiger partial charge in [-0.2, -0.15) is 0 Å². The zero-order chi connectivity index (χ0) is 33.7. The van der Waals surface area contributed by atoms with E-state index in [0.29, 0.717) is 17.5 Å². The second-order valence-electron chi connectivity index (χ2n) is 12.8. The molecule has 2 aromatic heterocycles. The molecule has 10 rings (SSSR count). The van der Waals surface area contributed by atoms with E-state index in [1.807, 2.05) is 24.3 Å². The van der Waals surface area contributed by atoms with Crippen molar-refractivity contribution in [3.8, 4) is 56.4 Å². The lowest BCUT2D eigenvalue weighted by molar-refractivity contribution is 0.669. The normalized spacial score (nSPS) is 11.5. The van der Waals surface area contributed by atoms with Crippen molar-refractivity contribution in [2.24, 2.45) is 0 Å². The van der Waals surface area contributed by atoms with Crippen molar-refractivity contribution in [1.82, 2.24) is 15.0 Å². The van der Waals surface area contributed by atoms with Crippen LogP contribution in [0.15, 0.2) is 180 Å². The van der Waals surface area contributed by atoms with Crippen molar-refractivity contribution in [1.29, 1.82) is 0 Å². The summed E-state index contributed by atoms with van der Waals surface area (Å²) in [6.45, 7) is 0. The third kappa shape index (κ3) is 5.13. The molecule has 0 aliphatic heterocycles. The minimum atomic E-state index is 0.626. The highest BCUT2D eigenvalue weighted by atomic mass is 16.3. The summed E-state index contributed by atoms with van der Waals surface area (Å²) < 4.78 is 6.25. The summed E-state index contributed by atoms with van der Waals surface area (Å²) in [6.07, 6.45) is 0. The topological polar surface area (TPSA) is 51.8 Å². The first kappa shape index (κ1) is 29.0. The standard InChI is InChI=1S/C47H29N3O/c1-3-10-30(11-4-1)32-18-21-34(22-19-32)45-48-46(37-15-9-14-35(28-37)31-12-5-2-6-13-31)50-47(49-45)38-24-26-39-36(29-38)23-20-33-25-27-42-44(43(33)39)40-16-7-8-17-41(40)51-42/h1-29H. The second-order valence-corrected chi connectivity index (χ2v) is 12.8. The predicted molar refractivity (Wildman–Crippen MR) is 209 cm³/mol. The van der Waals surface area contributed by atoms with Gasteiger partial charge < -0.3 is 4.42 Å². The molecule has 0 aliphatic rings. The van der Waals surface area contributed by atoms with E-state index in [9.17, 15) is 0 Å². The van der Waals surface area contributed by atoms with E-state index in [1.165, 1.54) is 16.3 Å². The monoisotopic (exact) mass is 651 g/mol. The Labute approximate surface area is 294 Å². The van der Waals surface area contributed by atoms with Crippen molar-refractivity contribution in [2.45, 2.75) is 0 Å². The summed E-state index contributed by atoms with van der Waals surface area (Å²) in [5.74, 6) is 1.89. The van der Waals surface area contributed by atoms with Crippen molar-refractivity contribution >= 4 is 43.5 Å². The summed E-state index contributed by atoms with van der Waals surface area (Å²) in [5.41, 5.74) is 9.15. The Morgan fingerprint density at radius 2 is 0.824 bits per heavy atom. The lowest BCUT2D eigenvalue weighted by Crippen LogP contribution is -2.00. The molecule has 238 valence electrons. The number of rotatable bonds is 5. The van der Waals surface area contributed by atoms with Gasteiger partial charge in [-0.15, -0.1) is 0 Å². The molecular formula is C47H29N3O. The van der Waals surface area contributed by atoms with Crippen LogP contribution < -0.4 is 0 Å². The Morgan fingerprint density at radius 1 is 0.294 bits per heavy atom.